The zero-order valence-corrected chi connectivity index (χ0v) is 9.14. The van der Waals surface area contributed by atoms with E-state index in [1.54, 1.807) is 12.5 Å². The highest BCUT2D eigenvalue weighted by Crippen LogP contribution is 2.09. The van der Waals surface area contributed by atoms with Crippen LogP contribution in [0.1, 0.15) is 19.4 Å². The summed E-state index contributed by atoms with van der Waals surface area (Å²) < 4.78 is 0. The smallest absolute Gasteiger partial charge is 0.0922 e. The number of allylic oxidation sites excluding steroid dienone is 2. The van der Waals surface area contributed by atoms with Crippen molar-refractivity contribution in [3.8, 4) is 0 Å². The molecule has 78 valence electrons. The summed E-state index contributed by atoms with van der Waals surface area (Å²) in [5, 5.41) is 3.14. The second-order valence-electron chi connectivity index (χ2n) is 2.97. The quantitative estimate of drug-likeness (QED) is 0.585. The summed E-state index contributed by atoms with van der Waals surface area (Å²) in [7, 11) is 0. The van der Waals surface area contributed by atoms with Gasteiger partial charge in [0.15, 0.2) is 0 Å². The van der Waals surface area contributed by atoms with E-state index >= 15 is 0 Å². The van der Waals surface area contributed by atoms with E-state index in [9.17, 15) is 0 Å². The second kappa shape index (κ2) is 6.60. The Kier molecular flexibility index (Phi) is 4.95. The van der Waals surface area contributed by atoms with E-state index in [2.05, 4.69) is 22.4 Å². The van der Waals surface area contributed by atoms with E-state index in [1.165, 1.54) is 0 Å². The summed E-state index contributed by atoms with van der Waals surface area (Å²) in [4.78, 5) is 4.05. The fraction of sp³-hybridized carbons (Fsp3) is 0.154. The molecule has 0 heterocycles. The van der Waals surface area contributed by atoms with Gasteiger partial charge in [-0.1, -0.05) is 42.5 Å². The fourth-order valence-corrected chi connectivity index (χ4v) is 1.19. The molecule has 0 amide bonds. The molecule has 0 fully saturated rings. The van der Waals surface area contributed by atoms with E-state index in [-0.39, 0.29) is 0 Å². The van der Waals surface area contributed by atoms with Crippen molar-refractivity contribution in [1.82, 2.24) is 5.32 Å². The van der Waals surface area contributed by atoms with Crippen LogP contribution in [0.15, 0.2) is 53.7 Å². The molecular formula is C13H16N2. The first-order valence-electron chi connectivity index (χ1n) is 4.99. The van der Waals surface area contributed by atoms with Gasteiger partial charge in [0.1, 0.15) is 0 Å². The normalized spacial score (nSPS) is 12.5. The highest BCUT2D eigenvalue weighted by Gasteiger charge is 1.95. The van der Waals surface area contributed by atoms with Crippen molar-refractivity contribution >= 4 is 12.0 Å². The Morgan fingerprint density at radius 1 is 1.20 bits per heavy atom. The molecule has 0 bridgehead atoms. The topological polar surface area (TPSA) is 24.4 Å². The van der Waals surface area contributed by atoms with Crippen LogP contribution in [0.25, 0.3) is 5.70 Å². The van der Waals surface area contributed by atoms with E-state index in [4.69, 9.17) is 0 Å². The zero-order chi connectivity index (χ0) is 10.9. The molecule has 0 aromatic heterocycles. The van der Waals surface area contributed by atoms with Gasteiger partial charge in [-0.05, 0) is 19.4 Å². The Morgan fingerprint density at radius 3 is 2.53 bits per heavy atom. The van der Waals surface area contributed by atoms with Crippen LogP contribution in [0.4, 0.5) is 0 Å². The van der Waals surface area contributed by atoms with Gasteiger partial charge in [-0.3, -0.25) is 0 Å². The summed E-state index contributed by atoms with van der Waals surface area (Å²) in [6.45, 7) is 3.93. The SMILES string of the molecule is C/C=C\N=CN/C(=C\C)c1ccccc1. The van der Waals surface area contributed by atoms with Crippen LogP contribution in [-0.4, -0.2) is 6.34 Å². The van der Waals surface area contributed by atoms with Crippen molar-refractivity contribution in [3.63, 3.8) is 0 Å². The van der Waals surface area contributed by atoms with Gasteiger partial charge in [0.05, 0.1) is 6.34 Å². The minimum absolute atomic E-state index is 1.06. The first-order chi connectivity index (χ1) is 7.38. The molecule has 0 aliphatic rings. The first kappa shape index (κ1) is 11.2. The number of aliphatic imine (C=N–C) groups is 1. The van der Waals surface area contributed by atoms with E-state index in [0.717, 1.165) is 11.3 Å². The van der Waals surface area contributed by atoms with Gasteiger partial charge < -0.3 is 5.32 Å². The number of hydrogen-bond acceptors (Lipinski definition) is 1. The van der Waals surface area contributed by atoms with Gasteiger partial charge in [0.2, 0.25) is 0 Å². The fourth-order valence-electron chi connectivity index (χ4n) is 1.19. The van der Waals surface area contributed by atoms with Gasteiger partial charge in [-0.15, -0.1) is 0 Å². The Bertz CT molecular complexity index is 361. The molecule has 0 saturated heterocycles. The van der Waals surface area contributed by atoms with Crippen LogP contribution in [-0.2, 0) is 0 Å². The summed E-state index contributed by atoms with van der Waals surface area (Å²) in [6.07, 6.45) is 7.33. The van der Waals surface area contributed by atoms with Crippen molar-refractivity contribution in [1.29, 1.82) is 0 Å². The molecule has 2 heteroatoms. The molecule has 1 N–H and O–H groups in total. The van der Waals surface area contributed by atoms with Crippen molar-refractivity contribution in [2.45, 2.75) is 13.8 Å². The predicted molar refractivity (Wildman–Crippen MR) is 66.5 cm³/mol. The summed E-state index contributed by atoms with van der Waals surface area (Å²) in [5.41, 5.74) is 2.22. The molecule has 0 unspecified atom stereocenters. The molecule has 1 rings (SSSR count). The van der Waals surface area contributed by atoms with Crippen molar-refractivity contribution in [2.24, 2.45) is 4.99 Å². The van der Waals surface area contributed by atoms with Crippen molar-refractivity contribution in [3.05, 3.63) is 54.2 Å². The summed E-state index contributed by atoms with van der Waals surface area (Å²) in [6, 6.07) is 10.2. The van der Waals surface area contributed by atoms with Gasteiger partial charge in [-0.25, -0.2) is 4.99 Å². The number of hydrogen-bond donors (Lipinski definition) is 1. The highest BCUT2D eigenvalue weighted by molar-refractivity contribution is 5.75. The Labute approximate surface area is 91.1 Å². The highest BCUT2D eigenvalue weighted by atomic mass is 14.9. The number of nitrogens with zero attached hydrogens (tertiary/aromatic N) is 1. The van der Waals surface area contributed by atoms with Crippen LogP contribution in [0.3, 0.4) is 0 Å². The van der Waals surface area contributed by atoms with E-state index in [0.29, 0.717) is 0 Å². The third-order valence-electron chi connectivity index (χ3n) is 1.90. The minimum Gasteiger partial charge on any atom is -0.346 e. The molecular weight excluding hydrogens is 184 g/mol. The largest absolute Gasteiger partial charge is 0.346 e. The predicted octanol–water partition coefficient (Wildman–Crippen LogP) is 3.20. The van der Waals surface area contributed by atoms with Crippen molar-refractivity contribution in [2.75, 3.05) is 0 Å². The average Bonchev–Trinajstić information content (AvgIpc) is 2.30. The molecule has 0 spiro atoms. The number of rotatable bonds is 4. The maximum absolute atomic E-state index is 4.05. The van der Waals surface area contributed by atoms with Gasteiger partial charge in [0, 0.05) is 11.9 Å². The third-order valence-corrected chi connectivity index (χ3v) is 1.90. The van der Waals surface area contributed by atoms with Gasteiger partial charge in [0.25, 0.3) is 0 Å². The zero-order valence-electron chi connectivity index (χ0n) is 9.14. The summed E-state index contributed by atoms with van der Waals surface area (Å²) in [5.74, 6) is 0. The van der Waals surface area contributed by atoms with Crippen LogP contribution < -0.4 is 5.32 Å². The second-order valence-corrected chi connectivity index (χ2v) is 2.97. The number of benzene rings is 1. The monoisotopic (exact) mass is 200 g/mol. The molecule has 0 aliphatic heterocycles. The lowest BCUT2D eigenvalue weighted by atomic mass is 10.1. The lowest BCUT2D eigenvalue weighted by Gasteiger charge is -2.05. The average molecular weight is 200 g/mol. The Morgan fingerprint density at radius 2 is 1.93 bits per heavy atom. The molecule has 15 heavy (non-hydrogen) atoms. The summed E-state index contributed by atoms with van der Waals surface area (Å²) >= 11 is 0. The molecule has 0 aliphatic carbocycles. The molecule has 0 saturated carbocycles. The van der Waals surface area contributed by atoms with Gasteiger partial charge >= 0.3 is 0 Å². The lowest BCUT2D eigenvalue weighted by Crippen LogP contribution is -2.08. The maximum atomic E-state index is 4.05. The standard InChI is InChI=1S/C13H16N2/c1-3-10-14-11-15-13(4-2)12-8-6-5-7-9-12/h3-11H,1-2H3,(H,14,15)/b10-3-,13-4-. The molecule has 1 aromatic rings. The van der Waals surface area contributed by atoms with E-state index < -0.39 is 0 Å². The Balaban J connectivity index is 2.67. The molecule has 0 atom stereocenters. The molecule has 0 radical (unpaired) electrons. The van der Waals surface area contributed by atoms with Gasteiger partial charge in [-0.2, -0.15) is 0 Å². The lowest BCUT2D eigenvalue weighted by molar-refractivity contribution is 1.30. The van der Waals surface area contributed by atoms with Crippen molar-refractivity contribution < 1.29 is 0 Å². The maximum Gasteiger partial charge on any atom is 0.0922 e. The third kappa shape index (κ3) is 3.81. The van der Waals surface area contributed by atoms with Crippen LogP contribution in [0, 0.1) is 0 Å². The molecule has 2 nitrogen and oxygen atoms in total. The molecule has 1 aromatic carbocycles. The van der Waals surface area contributed by atoms with Crippen LogP contribution in [0.5, 0.6) is 0 Å². The number of nitrogens with one attached hydrogen (secondary N) is 1. The first-order valence-corrected chi connectivity index (χ1v) is 4.99. The van der Waals surface area contributed by atoms with Crippen LogP contribution in [0.2, 0.25) is 0 Å². The minimum atomic E-state index is 1.06. The van der Waals surface area contributed by atoms with E-state index in [1.807, 2.05) is 44.2 Å². The Hall–Kier alpha value is -1.83. The van der Waals surface area contributed by atoms with Crippen LogP contribution >= 0.6 is 0 Å².